The van der Waals surface area contributed by atoms with Gasteiger partial charge in [0.25, 0.3) is 0 Å². The summed E-state index contributed by atoms with van der Waals surface area (Å²) in [5.74, 6) is 0.915. The van der Waals surface area contributed by atoms with Crippen LogP contribution in [0.15, 0.2) is 30.3 Å². The monoisotopic (exact) mass is 293 g/mol. The molecule has 5 heteroatoms. The third kappa shape index (κ3) is 4.27. The van der Waals surface area contributed by atoms with E-state index in [-0.39, 0.29) is 24.7 Å². The molecule has 4 nitrogen and oxygen atoms in total. The number of carbonyl (C=O) groups is 2. The van der Waals surface area contributed by atoms with Crippen LogP contribution in [-0.2, 0) is 9.59 Å². The standard InChI is InChI=1S/C15H19NO3S/c17-14(16-6-8-20-9-7-16)10-13(11-15(18)19)12-4-2-1-3-5-12/h1-5,13H,6-11H2,(H,18,19)/t13-/m0/s1. The first-order valence-corrected chi connectivity index (χ1v) is 7.94. The number of amides is 1. The maximum Gasteiger partial charge on any atom is 0.303 e. The summed E-state index contributed by atoms with van der Waals surface area (Å²) >= 11 is 1.85. The molecule has 0 aromatic heterocycles. The number of hydrogen-bond acceptors (Lipinski definition) is 3. The van der Waals surface area contributed by atoms with Gasteiger partial charge in [-0.05, 0) is 5.56 Å². The van der Waals surface area contributed by atoms with Gasteiger partial charge in [-0.2, -0.15) is 11.8 Å². The number of rotatable bonds is 5. The normalized spacial score (nSPS) is 16.7. The molecule has 1 N–H and O–H groups in total. The molecule has 20 heavy (non-hydrogen) atoms. The lowest BCUT2D eigenvalue weighted by Crippen LogP contribution is -2.38. The maximum atomic E-state index is 12.3. The van der Waals surface area contributed by atoms with Gasteiger partial charge in [0.2, 0.25) is 5.91 Å². The van der Waals surface area contributed by atoms with Crippen molar-refractivity contribution in [1.29, 1.82) is 0 Å². The number of carboxylic acids is 1. The smallest absolute Gasteiger partial charge is 0.303 e. The lowest BCUT2D eigenvalue weighted by Gasteiger charge is -2.28. The molecule has 1 aliphatic rings. The summed E-state index contributed by atoms with van der Waals surface area (Å²) in [6, 6.07) is 9.45. The number of aliphatic carboxylic acids is 1. The zero-order valence-electron chi connectivity index (χ0n) is 11.3. The Morgan fingerprint density at radius 3 is 2.40 bits per heavy atom. The first-order valence-electron chi connectivity index (χ1n) is 6.79. The zero-order valence-corrected chi connectivity index (χ0v) is 12.1. The first kappa shape index (κ1) is 14.9. The summed E-state index contributed by atoms with van der Waals surface area (Å²) in [7, 11) is 0. The summed E-state index contributed by atoms with van der Waals surface area (Å²) in [5.41, 5.74) is 0.926. The highest BCUT2D eigenvalue weighted by Crippen LogP contribution is 2.25. The molecule has 1 aromatic rings. The van der Waals surface area contributed by atoms with Crippen molar-refractivity contribution in [2.24, 2.45) is 0 Å². The van der Waals surface area contributed by atoms with E-state index < -0.39 is 5.97 Å². The molecule has 1 aromatic carbocycles. The van der Waals surface area contributed by atoms with Crippen LogP contribution >= 0.6 is 11.8 Å². The minimum Gasteiger partial charge on any atom is -0.481 e. The number of hydrogen-bond donors (Lipinski definition) is 1. The molecule has 1 fully saturated rings. The lowest BCUT2D eigenvalue weighted by molar-refractivity contribution is -0.137. The maximum absolute atomic E-state index is 12.3. The summed E-state index contributed by atoms with van der Waals surface area (Å²) in [6.07, 6.45) is 0.277. The quantitative estimate of drug-likeness (QED) is 0.904. The van der Waals surface area contributed by atoms with Gasteiger partial charge in [0.05, 0.1) is 6.42 Å². The predicted molar refractivity (Wildman–Crippen MR) is 80.0 cm³/mol. The third-order valence-corrected chi connectivity index (χ3v) is 4.42. The van der Waals surface area contributed by atoms with Crippen molar-refractivity contribution in [3.8, 4) is 0 Å². The molecule has 0 bridgehead atoms. The van der Waals surface area contributed by atoms with Crippen molar-refractivity contribution in [2.45, 2.75) is 18.8 Å². The third-order valence-electron chi connectivity index (χ3n) is 3.48. The van der Waals surface area contributed by atoms with Crippen LogP contribution in [0.4, 0.5) is 0 Å². The molecular formula is C15H19NO3S. The molecule has 0 spiro atoms. The molecule has 0 unspecified atom stereocenters. The average molecular weight is 293 g/mol. The summed E-state index contributed by atoms with van der Waals surface area (Å²) in [4.78, 5) is 25.2. The Morgan fingerprint density at radius 2 is 1.80 bits per heavy atom. The van der Waals surface area contributed by atoms with Gasteiger partial charge in [-0.3, -0.25) is 9.59 Å². The van der Waals surface area contributed by atoms with Crippen LogP contribution in [0.25, 0.3) is 0 Å². The van der Waals surface area contributed by atoms with Crippen LogP contribution < -0.4 is 0 Å². The fourth-order valence-electron chi connectivity index (χ4n) is 2.40. The van der Waals surface area contributed by atoms with E-state index in [2.05, 4.69) is 0 Å². The Balaban J connectivity index is 2.03. The Hall–Kier alpha value is -1.49. The minimum absolute atomic E-state index is 0.00164. The van der Waals surface area contributed by atoms with E-state index in [0.29, 0.717) is 0 Å². The van der Waals surface area contributed by atoms with Crippen molar-refractivity contribution < 1.29 is 14.7 Å². The van der Waals surface area contributed by atoms with Crippen LogP contribution in [0.2, 0.25) is 0 Å². The van der Waals surface area contributed by atoms with E-state index >= 15 is 0 Å². The molecule has 0 aliphatic carbocycles. The van der Waals surface area contributed by atoms with Gasteiger partial charge in [0.15, 0.2) is 0 Å². The summed E-state index contributed by atoms with van der Waals surface area (Å²) in [6.45, 7) is 1.55. The molecule has 1 aliphatic heterocycles. The molecule has 1 atom stereocenters. The van der Waals surface area contributed by atoms with Crippen LogP contribution in [0, 0.1) is 0 Å². The number of carboxylic acid groups (broad SMARTS) is 1. The van der Waals surface area contributed by atoms with E-state index in [4.69, 9.17) is 5.11 Å². The molecule has 1 heterocycles. The molecule has 2 rings (SSSR count). The first-order chi connectivity index (χ1) is 9.66. The van der Waals surface area contributed by atoms with Crippen molar-refractivity contribution in [2.75, 3.05) is 24.6 Å². The highest BCUT2D eigenvalue weighted by molar-refractivity contribution is 7.99. The molecule has 1 saturated heterocycles. The van der Waals surface area contributed by atoms with Gasteiger partial charge in [0, 0.05) is 36.9 Å². The minimum atomic E-state index is -0.860. The zero-order chi connectivity index (χ0) is 14.4. The number of carbonyl (C=O) groups excluding carboxylic acids is 1. The van der Waals surface area contributed by atoms with Crippen LogP contribution in [0.5, 0.6) is 0 Å². The second-order valence-corrected chi connectivity index (χ2v) is 6.13. The summed E-state index contributed by atoms with van der Waals surface area (Å²) < 4.78 is 0. The molecule has 108 valence electrons. The van der Waals surface area contributed by atoms with Gasteiger partial charge in [0.1, 0.15) is 0 Å². The second-order valence-electron chi connectivity index (χ2n) is 4.90. The second kappa shape index (κ2) is 7.33. The van der Waals surface area contributed by atoms with Crippen molar-refractivity contribution in [3.05, 3.63) is 35.9 Å². The Kier molecular flexibility index (Phi) is 5.47. The lowest BCUT2D eigenvalue weighted by atomic mass is 9.92. The van der Waals surface area contributed by atoms with E-state index in [1.54, 1.807) is 0 Å². The topological polar surface area (TPSA) is 57.6 Å². The molecule has 1 amide bonds. The van der Waals surface area contributed by atoms with E-state index in [9.17, 15) is 9.59 Å². The van der Waals surface area contributed by atoms with Crippen molar-refractivity contribution >= 4 is 23.6 Å². The largest absolute Gasteiger partial charge is 0.481 e. The Labute approximate surface area is 123 Å². The number of nitrogens with zero attached hydrogens (tertiary/aromatic N) is 1. The van der Waals surface area contributed by atoms with Gasteiger partial charge < -0.3 is 10.0 Å². The number of benzene rings is 1. The van der Waals surface area contributed by atoms with Crippen LogP contribution in [0.1, 0.15) is 24.3 Å². The van der Waals surface area contributed by atoms with Gasteiger partial charge in [-0.25, -0.2) is 0 Å². The fraction of sp³-hybridized carbons (Fsp3) is 0.467. The van der Waals surface area contributed by atoms with Crippen LogP contribution in [-0.4, -0.2) is 46.5 Å². The van der Waals surface area contributed by atoms with Gasteiger partial charge >= 0.3 is 5.97 Å². The predicted octanol–water partition coefficient (Wildman–Crippen LogP) is 2.21. The van der Waals surface area contributed by atoms with Crippen LogP contribution in [0.3, 0.4) is 0 Å². The van der Waals surface area contributed by atoms with E-state index in [1.807, 2.05) is 47.0 Å². The fourth-order valence-corrected chi connectivity index (χ4v) is 3.30. The Morgan fingerprint density at radius 1 is 1.15 bits per heavy atom. The Bertz CT molecular complexity index is 457. The highest BCUT2D eigenvalue weighted by Gasteiger charge is 2.23. The van der Waals surface area contributed by atoms with Gasteiger partial charge in [-0.1, -0.05) is 30.3 Å². The number of thioether (sulfide) groups is 1. The van der Waals surface area contributed by atoms with Crippen molar-refractivity contribution in [1.82, 2.24) is 4.90 Å². The summed E-state index contributed by atoms with van der Waals surface area (Å²) in [5, 5.41) is 9.04. The van der Waals surface area contributed by atoms with Gasteiger partial charge in [-0.15, -0.1) is 0 Å². The average Bonchev–Trinajstić information content (AvgIpc) is 2.48. The SMILES string of the molecule is O=C(O)C[C@H](CC(=O)N1CCSCC1)c1ccccc1. The van der Waals surface area contributed by atoms with Crippen molar-refractivity contribution in [3.63, 3.8) is 0 Å². The molecular weight excluding hydrogens is 274 g/mol. The molecule has 0 radical (unpaired) electrons. The molecule has 0 saturated carbocycles. The highest BCUT2D eigenvalue weighted by atomic mass is 32.2. The van der Waals surface area contributed by atoms with E-state index in [0.717, 1.165) is 30.2 Å². The van der Waals surface area contributed by atoms with E-state index in [1.165, 1.54) is 0 Å².